The van der Waals surface area contributed by atoms with Crippen molar-refractivity contribution >= 4 is 15.9 Å². The van der Waals surface area contributed by atoms with Crippen LogP contribution in [0.15, 0.2) is 10.5 Å². The Morgan fingerprint density at radius 2 is 1.86 bits per heavy atom. The lowest BCUT2D eigenvalue weighted by molar-refractivity contribution is 0.397. The first kappa shape index (κ1) is 11.3. The summed E-state index contributed by atoms with van der Waals surface area (Å²) in [6.45, 7) is 5.53. The summed E-state index contributed by atoms with van der Waals surface area (Å²) in [7, 11) is 0. The van der Waals surface area contributed by atoms with E-state index in [9.17, 15) is 10.2 Å². The molecular formula is C10H14BrNO2. The second-order valence-electron chi connectivity index (χ2n) is 3.97. The number of benzene rings is 1. The summed E-state index contributed by atoms with van der Waals surface area (Å²) in [6.07, 6.45) is 0. The Bertz CT molecular complexity index is 369. The highest BCUT2D eigenvalue weighted by atomic mass is 79.9. The fraction of sp³-hybridized carbons (Fsp3) is 0.400. The quantitative estimate of drug-likeness (QED) is 0.679. The number of aromatic hydroxyl groups is 2. The predicted octanol–water partition coefficient (Wildman–Crippen LogP) is 2.36. The summed E-state index contributed by atoms with van der Waals surface area (Å²) in [6, 6.07) is 1.50. The van der Waals surface area contributed by atoms with Crippen molar-refractivity contribution in [2.75, 3.05) is 0 Å². The molecule has 3 nitrogen and oxygen atoms in total. The summed E-state index contributed by atoms with van der Waals surface area (Å²) in [5, 5.41) is 18.9. The Hall–Kier alpha value is -0.740. The van der Waals surface area contributed by atoms with Crippen LogP contribution in [0.5, 0.6) is 11.5 Å². The molecule has 1 aromatic rings. The second kappa shape index (κ2) is 3.44. The molecule has 1 aromatic carbocycles. The Labute approximate surface area is 91.7 Å². The molecule has 0 heterocycles. The van der Waals surface area contributed by atoms with Gasteiger partial charge in [0.15, 0.2) is 11.5 Å². The van der Waals surface area contributed by atoms with E-state index in [2.05, 4.69) is 15.9 Å². The zero-order valence-electron chi connectivity index (χ0n) is 8.43. The Balaban J connectivity index is 3.53. The standard InChI is InChI=1S/C10H14BrNO2/c1-5-4-6(13)9(14)8(11)7(5)10(2,3)12/h4,13-14H,12H2,1-3H3. The maximum absolute atomic E-state index is 9.52. The monoisotopic (exact) mass is 259 g/mol. The van der Waals surface area contributed by atoms with Gasteiger partial charge in [0.05, 0.1) is 4.47 Å². The molecule has 0 bridgehead atoms. The van der Waals surface area contributed by atoms with Crippen LogP contribution in [-0.2, 0) is 5.54 Å². The van der Waals surface area contributed by atoms with Gasteiger partial charge in [0.1, 0.15) is 0 Å². The van der Waals surface area contributed by atoms with Crippen LogP contribution < -0.4 is 5.73 Å². The largest absolute Gasteiger partial charge is 0.504 e. The van der Waals surface area contributed by atoms with Gasteiger partial charge in [-0.1, -0.05) is 0 Å². The van der Waals surface area contributed by atoms with E-state index in [1.54, 1.807) is 0 Å². The van der Waals surface area contributed by atoms with Crippen LogP contribution in [0.3, 0.4) is 0 Å². The van der Waals surface area contributed by atoms with Crippen LogP contribution in [0.25, 0.3) is 0 Å². The fourth-order valence-corrected chi connectivity index (χ4v) is 2.57. The molecule has 0 aliphatic heterocycles. The molecule has 0 atom stereocenters. The molecule has 0 saturated heterocycles. The first-order valence-corrected chi connectivity index (χ1v) is 5.05. The van der Waals surface area contributed by atoms with Gasteiger partial charge in [0.25, 0.3) is 0 Å². The average Bonchev–Trinajstić information content (AvgIpc) is 1.97. The summed E-state index contributed by atoms with van der Waals surface area (Å²) < 4.78 is 0.461. The molecule has 0 aliphatic rings. The molecule has 0 spiro atoms. The number of phenols is 2. The zero-order chi connectivity index (χ0) is 11.1. The van der Waals surface area contributed by atoms with Crippen molar-refractivity contribution in [3.8, 4) is 11.5 Å². The van der Waals surface area contributed by atoms with Gasteiger partial charge >= 0.3 is 0 Å². The lowest BCUT2D eigenvalue weighted by Crippen LogP contribution is -2.30. The lowest BCUT2D eigenvalue weighted by Gasteiger charge is -2.24. The van der Waals surface area contributed by atoms with Crippen LogP contribution in [0.2, 0.25) is 0 Å². The van der Waals surface area contributed by atoms with E-state index in [0.29, 0.717) is 4.47 Å². The van der Waals surface area contributed by atoms with E-state index in [4.69, 9.17) is 5.73 Å². The minimum atomic E-state index is -0.561. The molecule has 4 N–H and O–H groups in total. The topological polar surface area (TPSA) is 66.5 Å². The van der Waals surface area contributed by atoms with Gasteiger partial charge in [-0.15, -0.1) is 0 Å². The van der Waals surface area contributed by atoms with Crippen molar-refractivity contribution in [3.05, 3.63) is 21.7 Å². The normalized spacial score (nSPS) is 11.8. The van der Waals surface area contributed by atoms with E-state index in [0.717, 1.165) is 11.1 Å². The Morgan fingerprint density at radius 1 is 1.36 bits per heavy atom. The average molecular weight is 260 g/mol. The molecule has 0 unspecified atom stereocenters. The number of nitrogens with two attached hydrogens (primary N) is 1. The van der Waals surface area contributed by atoms with Gasteiger partial charge in [0, 0.05) is 5.54 Å². The summed E-state index contributed by atoms with van der Waals surface area (Å²) in [4.78, 5) is 0. The van der Waals surface area contributed by atoms with E-state index in [1.165, 1.54) is 6.07 Å². The van der Waals surface area contributed by atoms with Gasteiger partial charge in [-0.2, -0.15) is 0 Å². The van der Waals surface area contributed by atoms with Gasteiger partial charge in [-0.05, 0) is 53.9 Å². The molecule has 14 heavy (non-hydrogen) atoms. The Morgan fingerprint density at radius 3 is 2.29 bits per heavy atom. The lowest BCUT2D eigenvalue weighted by atomic mass is 9.91. The molecule has 0 aliphatic carbocycles. The van der Waals surface area contributed by atoms with Gasteiger partial charge < -0.3 is 15.9 Å². The van der Waals surface area contributed by atoms with Gasteiger partial charge in [0.2, 0.25) is 0 Å². The highest BCUT2D eigenvalue weighted by Gasteiger charge is 2.23. The van der Waals surface area contributed by atoms with Crippen molar-refractivity contribution in [3.63, 3.8) is 0 Å². The molecule has 4 heteroatoms. The van der Waals surface area contributed by atoms with Crippen molar-refractivity contribution in [2.24, 2.45) is 5.73 Å². The zero-order valence-corrected chi connectivity index (χ0v) is 10.0. The number of aryl methyl sites for hydroxylation is 1. The van der Waals surface area contributed by atoms with E-state index in [1.807, 2.05) is 20.8 Å². The molecule has 78 valence electrons. The van der Waals surface area contributed by atoms with Crippen molar-refractivity contribution in [2.45, 2.75) is 26.3 Å². The smallest absolute Gasteiger partial charge is 0.172 e. The number of phenolic OH excluding ortho intramolecular Hbond substituents is 2. The van der Waals surface area contributed by atoms with Crippen LogP contribution >= 0.6 is 15.9 Å². The number of halogens is 1. The van der Waals surface area contributed by atoms with E-state index < -0.39 is 5.54 Å². The van der Waals surface area contributed by atoms with E-state index >= 15 is 0 Å². The minimum absolute atomic E-state index is 0.137. The maximum atomic E-state index is 9.52. The first-order valence-electron chi connectivity index (χ1n) is 4.25. The van der Waals surface area contributed by atoms with E-state index in [-0.39, 0.29) is 11.5 Å². The third-order valence-corrected chi connectivity index (χ3v) is 2.83. The summed E-state index contributed by atoms with van der Waals surface area (Å²) >= 11 is 3.23. The van der Waals surface area contributed by atoms with Crippen LogP contribution in [0.1, 0.15) is 25.0 Å². The molecular weight excluding hydrogens is 246 g/mol. The maximum Gasteiger partial charge on any atom is 0.172 e. The molecule has 0 saturated carbocycles. The van der Waals surface area contributed by atoms with Crippen LogP contribution in [0, 0.1) is 6.92 Å². The highest BCUT2D eigenvalue weighted by Crippen LogP contribution is 2.41. The highest BCUT2D eigenvalue weighted by molar-refractivity contribution is 9.10. The molecule has 1 rings (SSSR count). The SMILES string of the molecule is Cc1cc(O)c(O)c(Br)c1C(C)(C)N. The third kappa shape index (κ3) is 1.86. The summed E-state index contributed by atoms with van der Waals surface area (Å²) in [5.41, 5.74) is 7.04. The number of rotatable bonds is 1. The summed E-state index contributed by atoms with van der Waals surface area (Å²) in [5.74, 6) is -0.300. The first-order chi connectivity index (χ1) is 6.25. The third-order valence-electron chi connectivity index (χ3n) is 2.06. The fourth-order valence-electron chi connectivity index (χ4n) is 1.54. The molecule has 0 aromatic heterocycles. The molecule has 0 radical (unpaired) electrons. The minimum Gasteiger partial charge on any atom is -0.504 e. The molecule has 0 amide bonds. The number of hydrogen-bond donors (Lipinski definition) is 3. The Kier molecular flexibility index (Phi) is 2.78. The molecule has 0 fully saturated rings. The predicted molar refractivity (Wildman–Crippen MR) is 59.4 cm³/mol. The van der Waals surface area contributed by atoms with Gasteiger partial charge in [-0.25, -0.2) is 0 Å². The van der Waals surface area contributed by atoms with Crippen molar-refractivity contribution in [1.29, 1.82) is 0 Å². The van der Waals surface area contributed by atoms with Crippen LogP contribution in [-0.4, -0.2) is 10.2 Å². The van der Waals surface area contributed by atoms with Gasteiger partial charge in [-0.3, -0.25) is 0 Å². The number of hydrogen-bond acceptors (Lipinski definition) is 3. The van der Waals surface area contributed by atoms with Crippen molar-refractivity contribution in [1.82, 2.24) is 0 Å². The second-order valence-corrected chi connectivity index (χ2v) is 4.76. The van der Waals surface area contributed by atoms with Crippen LogP contribution in [0.4, 0.5) is 0 Å². The van der Waals surface area contributed by atoms with Crippen molar-refractivity contribution < 1.29 is 10.2 Å².